The molecule has 0 aromatic carbocycles. The lowest BCUT2D eigenvalue weighted by Gasteiger charge is -2.57. The van der Waals surface area contributed by atoms with Crippen molar-refractivity contribution >= 4 is 5.78 Å². The van der Waals surface area contributed by atoms with Gasteiger partial charge in [-0.1, -0.05) is 47.1 Å². The van der Waals surface area contributed by atoms with E-state index < -0.39 is 0 Å². The van der Waals surface area contributed by atoms with Crippen molar-refractivity contribution < 1.29 is 15.0 Å². The van der Waals surface area contributed by atoms with Crippen molar-refractivity contribution in [3.63, 3.8) is 0 Å². The monoisotopic (exact) mass is 430 g/mol. The Bertz CT molecular complexity index is 726. The molecule has 0 saturated heterocycles. The number of carbonyl (C=O) groups is 1. The van der Waals surface area contributed by atoms with Gasteiger partial charge in [0.05, 0.1) is 12.2 Å². The molecule has 0 aliphatic heterocycles. The summed E-state index contributed by atoms with van der Waals surface area (Å²) in [6.45, 7) is 13.9. The Morgan fingerprint density at radius 2 is 1.74 bits per heavy atom. The number of ketones is 1. The summed E-state index contributed by atoms with van der Waals surface area (Å²) in [4.78, 5) is 13.4. The van der Waals surface area contributed by atoms with Gasteiger partial charge in [0.1, 0.15) is 0 Å². The molecule has 176 valence electrons. The summed E-state index contributed by atoms with van der Waals surface area (Å²) in [6, 6.07) is 0. The molecule has 3 heteroatoms. The second-order valence-electron chi connectivity index (χ2n) is 12.7. The van der Waals surface area contributed by atoms with Gasteiger partial charge in [-0.15, -0.1) is 0 Å². The van der Waals surface area contributed by atoms with E-state index in [0.717, 1.165) is 38.5 Å². The lowest BCUT2D eigenvalue weighted by Crippen LogP contribution is -2.54. The maximum absolute atomic E-state index is 13.4. The summed E-state index contributed by atoms with van der Waals surface area (Å²) < 4.78 is 0. The maximum Gasteiger partial charge on any atom is 0.159 e. The molecule has 2 N–H and O–H groups in total. The minimum absolute atomic E-state index is 0.0923. The van der Waals surface area contributed by atoms with Gasteiger partial charge in [-0.3, -0.25) is 4.79 Å². The number of hydrogen-bond acceptors (Lipinski definition) is 3. The molecule has 0 heterocycles. The van der Waals surface area contributed by atoms with E-state index in [9.17, 15) is 15.0 Å². The molecule has 0 amide bonds. The van der Waals surface area contributed by atoms with Crippen LogP contribution in [0, 0.1) is 52.3 Å². The van der Waals surface area contributed by atoms with Crippen molar-refractivity contribution in [3.05, 3.63) is 11.6 Å². The Morgan fingerprint density at radius 3 is 2.42 bits per heavy atom. The number of hydrogen-bond donors (Lipinski definition) is 2. The van der Waals surface area contributed by atoms with Crippen LogP contribution in [0.15, 0.2) is 11.6 Å². The third-order valence-corrected chi connectivity index (χ3v) is 11.0. The van der Waals surface area contributed by atoms with Crippen LogP contribution in [0.3, 0.4) is 0 Å². The van der Waals surface area contributed by atoms with Crippen LogP contribution in [0.4, 0.5) is 0 Å². The van der Waals surface area contributed by atoms with Gasteiger partial charge in [0.2, 0.25) is 0 Å². The summed E-state index contributed by atoms with van der Waals surface area (Å²) in [5.41, 5.74) is 1.48. The zero-order valence-corrected chi connectivity index (χ0v) is 20.7. The lowest BCUT2D eigenvalue weighted by atomic mass is 9.46. The van der Waals surface area contributed by atoms with Gasteiger partial charge in [0.25, 0.3) is 0 Å². The van der Waals surface area contributed by atoms with E-state index in [2.05, 4.69) is 41.5 Å². The standard InChI is InChI=1S/C28H46O3/c1-16(2)17(3)13-24(30)18(4)21-7-8-22-26-23(10-12-28(21,22)6)27(5)11-9-20(29)14-19(27)15-25(26)31/h15-18,20-24,26,29-30H,7-14H2,1-6H3/t17-,18+,20+,21?,22+,23+,24-,26+,27+,28-/m1/s1. The first-order valence-corrected chi connectivity index (χ1v) is 13.1. The maximum atomic E-state index is 13.4. The van der Waals surface area contributed by atoms with E-state index in [1.165, 1.54) is 12.0 Å². The molecule has 0 aromatic rings. The van der Waals surface area contributed by atoms with E-state index in [1.807, 2.05) is 6.08 Å². The number of aliphatic hydroxyl groups excluding tert-OH is 2. The average Bonchev–Trinajstić information content (AvgIpc) is 3.05. The van der Waals surface area contributed by atoms with Crippen LogP contribution >= 0.6 is 0 Å². The Kier molecular flexibility index (Phi) is 6.27. The molecule has 3 fully saturated rings. The molecule has 4 aliphatic carbocycles. The van der Waals surface area contributed by atoms with Gasteiger partial charge in [-0.25, -0.2) is 0 Å². The molecule has 31 heavy (non-hydrogen) atoms. The van der Waals surface area contributed by atoms with Crippen molar-refractivity contribution in [2.75, 3.05) is 0 Å². The number of fused-ring (bicyclic) bond motifs is 5. The molecule has 0 aromatic heterocycles. The van der Waals surface area contributed by atoms with Crippen molar-refractivity contribution in [2.24, 2.45) is 52.3 Å². The van der Waals surface area contributed by atoms with Crippen LogP contribution in [-0.4, -0.2) is 28.2 Å². The Balaban J connectivity index is 1.56. The summed E-state index contributed by atoms with van der Waals surface area (Å²) in [5.74, 6) is 3.29. The van der Waals surface area contributed by atoms with E-state index in [-0.39, 0.29) is 34.9 Å². The summed E-state index contributed by atoms with van der Waals surface area (Å²) in [6.07, 6.45) is 9.46. The highest BCUT2D eigenvalue weighted by molar-refractivity contribution is 5.94. The van der Waals surface area contributed by atoms with Gasteiger partial charge in [-0.2, -0.15) is 0 Å². The number of allylic oxidation sites excluding steroid dienone is 1. The SMILES string of the molecule is CC(C)[C@H](C)C[C@@H](O)[C@@H](C)C1CC[C@H]2[C@@H]3C(=O)C=C4C[C@@H](O)CC[C@]4(C)[C@H]3CC[C@]12C. The van der Waals surface area contributed by atoms with Gasteiger partial charge in [-0.05, 0) is 104 Å². The lowest BCUT2D eigenvalue weighted by molar-refractivity contribution is -0.135. The molecule has 10 atom stereocenters. The predicted octanol–water partition coefficient (Wildman–Crippen LogP) is 5.78. The van der Waals surface area contributed by atoms with Crippen molar-refractivity contribution in [1.29, 1.82) is 0 Å². The quantitative estimate of drug-likeness (QED) is 0.581. The summed E-state index contributed by atoms with van der Waals surface area (Å²) in [7, 11) is 0. The van der Waals surface area contributed by atoms with Gasteiger partial charge >= 0.3 is 0 Å². The Hall–Kier alpha value is -0.670. The van der Waals surface area contributed by atoms with Crippen LogP contribution < -0.4 is 0 Å². The molecule has 4 rings (SSSR count). The highest BCUT2D eigenvalue weighted by Gasteiger charge is 2.61. The van der Waals surface area contributed by atoms with Crippen LogP contribution in [0.25, 0.3) is 0 Å². The van der Waals surface area contributed by atoms with Crippen LogP contribution in [0.5, 0.6) is 0 Å². The van der Waals surface area contributed by atoms with E-state index in [0.29, 0.717) is 41.8 Å². The second kappa shape index (κ2) is 8.28. The fourth-order valence-electron chi connectivity index (χ4n) is 8.42. The van der Waals surface area contributed by atoms with Crippen molar-refractivity contribution in [1.82, 2.24) is 0 Å². The Morgan fingerprint density at radius 1 is 1.03 bits per heavy atom. The first kappa shape index (κ1) is 23.5. The summed E-state index contributed by atoms with van der Waals surface area (Å²) >= 11 is 0. The minimum atomic E-state index is -0.274. The summed E-state index contributed by atoms with van der Waals surface area (Å²) in [5, 5.41) is 21.3. The van der Waals surface area contributed by atoms with Gasteiger partial charge in [0, 0.05) is 5.92 Å². The average molecular weight is 431 g/mol. The van der Waals surface area contributed by atoms with E-state index >= 15 is 0 Å². The zero-order valence-electron chi connectivity index (χ0n) is 20.7. The molecule has 0 spiro atoms. The largest absolute Gasteiger partial charge is 0.393 e. The molecule has 1 unspecified atom stereocenters. The number of rotatable bonds is 5. The van der Waals surface area contributed by atoms with E-state index in [1.54, 1.807) is 0 Å². The predicted molar refractivity (Wildman–Crippen MR) is 125 cm³/mol. The van der Waals surface area contributed by atoms with Crippen molar-refractivity contribution in [3.8, 4) is 0 Å². The minimum Gasteiger partial charge on any atom is -0.393 e. The highest BCUT2D eigenvalue weighted by Crippen LogP contribution is 2.66. The van der Waals surface area contributed by atoms with Gasteiger partial charge < -0.3 is 10.2 Å². The highest BCUT2D eigenvalue weighted by atomic mass is 16.3. The van der Waals surface area contributed by atoms with E-state index in [4.69, 9.17) is 0 Å². The molecular weight excluding hydrogens is 384 g/mol. The molecule has 3 saturated carbocycles. The third kappa shape index (κ3) is 3.76. The molecule has 0 radical (unpaired) electrons. The van der Waals surface area contributed by atoms with Crippen LogP contribution in [0.2, 0.25) is 0 Å². The number of carbonyl (C=O) groups excluding carboxylic acids is 1. The molecule has 0 bridgehead atoms. The molecule has 3 nitrogen and oxygen atoms in total. The number of aliphatic hydroxyl groups is 2. The normalized spacial score (nSPS) is 45.4. The fourth-order valence-corrected chi connectivity index (χ4v) is 8.42. The first-order valence-electron chi connectivity index (χ1n) is 13.1. The molecular formula is C28H46O3. The topological polar surface area (TPSA) is 57.5 Å². The second-order valence-corrected chi connectivity index (χ2v) is 12.7. The van der Waals surface area contributed by atoms with Crippen LogP contribution in [0.1, 0.15) is 92.9 Å². The zero-order chi connectivity index (χ0) is 22.7. The van der Waals surface area contributed by atoms with Crippen LogP contribution in [-0.2, 0) is 4.79 Å². The van der Waals surface area contributed by atoms with Crippen molar-refractivity contribution in [2.45, 2.75) is 105 Å². The fraction of sp³-hybridized carbons (Fsp3) is 0.893. The smallest absolute Gasteiger partial charge is 0.159 e. The molecule has 4 aliphatic rings. The van der Waals surface area contributed by atoms with Gasteiger partial charge in [0.15, 0.2) is 5.78 Å². The Labute approximate surface area is 190 Å². The third-order valence-electron chi connectivity index (χ3n) is 11.0. The first-order chi connectivity index (χ1) is 14.5.